The van der Waals surface area contributed by atoms with E-state index in [1.807, 2.05) is 0 Å². The molecule has 0 saturated heterocycles. The zero-order valence-electron chi connectivity index (χ0n) is 9.48. The highest BCUT2D eigenvalue weighted by Gasteiger charge is 2.33. The highest BCUT2D eigenvalue weighted by atomic mass is 32.2. The first-order chi connectivity index (χ1) is 7.90. The van der Waals surface area contributed by atoms with Crippen LogP contribution in [0.25, 0.3) is 0 Å². The van der Waals surface area contributed by atoms with E-state index in [-0.39, 0.29) is 10.6 Å². The normalized spacial score (nSPS) is 23.6. The van der Waals surface area contributed by atoms with Gasteiger partial charge in [0.05, 0.1) is 0 Å². The Kier molecular flexibility index (Phi) is 3.09. The molecule has 94 valence electrons. The summed E-state index contributed by atoms with van der Waals surface area (Å²) in [5.41, 5.74) is 5.57. The summed E-state index contributed by atoms with van der Waals surface area (Å²) in [6, 6.07) is 3.56. The Hall–Kier alpha value is -1.14. The molecule has 0 radical (unpaired) electrons. The predicted octanol–water partition coefficient (Wildman–Crippen LogP) is 1.34. The van der Waals surface area contributed by atoms with Gasteiger partial charge in [0.25, 0.3) is 0 Å². The molecular weight excluding hydrogens is 243 g/mol. The van der Waals surface area contributed by atoms with Crippen molar-refractivity contribution in [3.63, 3.8) is 0 Å². The Bertz CT molecular complexity index is 530. The third kappa shape index (κ3) is 2.76. The van der Waals surface area contributed by atoms with E-state index in [0.29, 0.717) is 18.4 Å². The molecule has 1 aliphatic rings. The van der Waals surface area contributed by atoms with Crippen LogP contribution < -0.4 is 10.5 Å². The summed E-state index contributed by atoms with van der Waals surface area (Å²) in [4.78, 5) is -0.347. The lowest BCUT2D eigenvalue weighted by Crippen LogP contribution is -2.27. The molecular formula is C11H15FN2O2S. The summed E-state index contributed by atoms with van der Waals surface area (Å²) >= 11 is 0. The maximum atomic E-state index is 13.5. The minimum Gasteiger partial charge on any atom is -0.399 e. The highest BCUT2D eigenvalue weighted by molar-refractivity contribution is 7.89. The summed E-state index contributed by atoms with van der Waals surface area (Å²) in [5, 5.41) is 0. The molecule has 2 rings (SSSR count). The molecule has 0 aliphatic heterocycles. The van der Waals surface area contributed by atoms with E-state index in [1.54, 1.807) is 0 Å². The summed E-state index contributed by atoms with van der Waals surface area (Å²) in [5.74, 6) is 0.108. The van der Waals surface area contributed by atoms with Crippen molar-refractivity contribution in [3.8, 4) is 0 Å². The van der Waals surface area contributed by atoms with Gasteiger partial charge in [0.1, 0.15) is 10.7 Å². The summed E-state index contributed by atoms with van der Waals surface area (Å²) < 4.78 is 39.5. The second-order valence-corrected chi connectivity index (χ2v) is 6.25. The van der Waals surface area contributed by atoms with E-state index in [9.17, 15) is 12.8 Å². The summed E-state index contributed by atoms with van der Waals surface area (Å²) in [6.45, 7) is 2.43. The van der Waals surface area contributed by atoms with Gasteiger partial charge < -0.3 is 5.73 Å². The van der Waals surface area contributed by atoms with Crippen LogP contribution in [0.4, 0.5) is 10.1 Å². The van der Waals surface area contributed by atoms with Crippen molar-refractivity contribution in [2.75, 3.05) is 12.3 Å². The van der Waals surface area contributed by atoms with Gasteiger partial charge in [-0.3, -0.25) is 0 Å². The SMILES string of the molecule is CC1CC1CNS(=O)(=O)c1ccc(N)cc1F. The van der Waals surface area contributed by atoms with Crippen LogP contribution >= 0.6 is 0 Å². The van der Waals surface area contributed by atoms with Crippen LogP contribution in [-0.2, 0) is 10.0 Å². The molecule has 2 unspecified atom stereocenters. The Labute approximate surface area is 100 Å². The van der Waals surface area contributed by atoms with E-state index < -0.39 is 15.8 Å². The lowest BCUT2D eigenvalue weighted by Gasteiger charge is -2.07. The molecule has 0 aromatic heterocycles. The van der Waals surface area contributed by atoms with Crippen LogP contribution in [0.2, 0.25) is 0 Å². The van der Waals surface area contributed by atoms with Crippen molar-refractivity contribution in [2.45, 2.75) is 18.2 Å². The number of nitrogen functional groups attached to an aromatic ring is 1. The fourth-order valence-corrected chi connectivity index (χ4v) is 2.86. The summed E-state index contributed by atoms with van der Waals surface area (Å²) in [7, 11) is -3.77. The first-order valence-electron chi connectivity index (χ1n) is 5.45. The molecule has 1 aromatic rings. The predicted molar refractivity (Wildman–Crippen MR) is 63.3 cm³/mol. The van der Waals surface area contributed by atoms with Gasteiger partial charge in [0, 0.05) is 12.2 Å². The van der Waals surface area contributed by atoms with Gasteiger partial charge in [-0.05, 0) is 36.5 Å². The number of sulfonamides is 1. The molecule has 1 saturated carbocycles. The average Bonchev–Trinajstić information content (AvgIpc) is 2.91. The van der Waals surface area contributed by atoms with Crippen molar-refractivity contribution >= 4 is 15.7 Å². The minimum atomic E-state index is -3.77. The Morgan fingerprint density at radius 2 is 2.18 bits per heavy atom. The molecule has 1 aliphatic carbocycles. The van der Waals surface area contributed by atoms with Gasteiger partial charge in [0.15, 0.2) is 0 Å². The first kappa shape index (κ1) is 12.3. The van der Waals surface area contributed by atoms with Gasteiger partial charge >= 0.3 is 0 Å². The molecule has 17 heavy (non-hydrogen) atoms. The molecule has 1 fully saturated rings. The fourth-order valence-electron chi connectivity index (χ4n) is 1.71. The topological polar surface area (TPSA) is 72.2 Å². The van der Waals surface area contributed by atoms with Crippen LogP contribution in [0, 0.1) is 17.7 Å². The van der Waals surface area contributed by atoms with Gasteiger partial charge in [0.2, 0.25) is 10.0 Å². The largest absolute Gasteiger partial charge is 0.399 e. The summed E-state index contributed by atoms with van der Waals surface area (Å²) in [6.07, 6.45) is 1.02. The molecule has 6 heteroatoms. The van der Waals surface area contributed by atoms with Crippen LogP contribution in [-0.4, -0.2) is 15.0 Å². The van der Waals surface area contributed by atoms with Crippen molar-refractivity contribution in [1.82, 2.24) is 4.72 Å². The fraction of sp³-hybridized carbons (Fsp3) is 0.455. The van der Waals surface area contributed by atoms with Gasteiger partial charge in [-0.2, -0.15) is 0 Å². The van der Waals surface area contributed by atoms with Crippen LogP contribution in [0.5, 0.6) is 0 Å². The zero-order valence-corrected chi connectivity index (χ0v) is 10.3. The average molecular weight is 258 g/mol. The number of hydrogen-bond acceptors (Lipinski definition) is 3. The second kappa shape index (κ2) is 4.27. The molecule has 4 nitrogen and oxygen atoms in total. The van der Waals surface area contributed by atoms with E-state index >= 15 is 0 Å². The smallest absolute Gasteiger partial charge is 0.243 e. The van der Waals surface area contributed by atoms with E-state index in [0.717, 1.165) is 12.5 Å². The van der Waals surface area contributed by atoms with Gasteiger partial charge in [-0.25, -0.2) is 17.5 Å². The molecule has 0 spiro atoms. The van der Waals surface area contributed by atoms with Crippen molar-refractivity contribution in [2.24, 2.45) is 11.8 Å². The molecule has 1 aromatic carbocycles. The lowest BCUT2D eigenvalue weighted by atomic mass is 10.3. The Morgan fingerprint density at radius 1 is 1.53 bits per heavy atom. The van der Waals surface area contributed by atoms with Crippen molar-refractivity contribution < 1.29 is 12.8 Å². The third-order valence-corrected chi connectivity index (χ3v) is 4.51. The van der Waals surface area contributed by atoms with Gasteiger partial charge in [-0.1, -0.05) is 6.92 Å². The number of halogens is 1. The van der Waals surface area contributed by atoms with Crippen molar-refractivity contribution in [1.29, 1.82) is 0 Å². The lowest BCUT2D eigenvalue weighted by molar-refractivity contribution is 0.553. The minimum absolute atomic E-state index is 0.206. The monoisotopic (exact) mass is 258 g/mol. The highest BCUT2D eigenvalue weighted by Crippen LogP contribution is 2.37. The van der Waals surface area contributed by atoms with E-state index in [1.165, 1.54) is 12.1 Å². The Morgan fingerprint density at radius 3 is 2.71 bits per heavy atom. The van der Waals surface area contributed by atoms with E-state index in [4.69, 9.17) is 5.73 Å². The van der Waals surface area contributed by atoms with Crippen LogP contribution in [0.3, 0.4) is 0 Å². The molecule has 3 N–H and O–H groups in total. The standard InChI is InChI=1S/C11H15FN2O2S/c1-7-4-8(7)6-14-17(15,16)11-3-2-9(13)5-10(11)12/h2-3,5,7-8,14H,4,6,13H2,1H3. The van der Waals surface area contributed by atoms with E-state index in [2.05, 4.69) is 11.6 Å². The first-order valence-corrected chi connectivity index (χ1v) is 6.93. The number of nitrogens with two attached hydrogens (primary N) is 1. The maximum absolute atomic E-state index is 13.5. The van der Waals surface area contributed by atoms with Crippen LogP contribution in [0.1, 0.15) is 13.3 Å². The van der Waals surface area contributed by atoms with Crippen molar-refractivity contribution in [3.05, 3.63) is 24.0 Å². The zero-order chi connectivity index (χ0) is 12.6. The molecule has 0 amide bonds. The molecule has 2 atom stereocenters. The molecule has 0 heterocycles. The number of nitrogens with one attached hydrogen (secondary N) is 1. The third-order valence-electron chi connectivity index (χ3n) is 3.06. The maximum Gasteiger partial charge on any atom is 0.243 e. The Balaban J connectivity index is 2.13. The number of hydrogen-bond donors (Lipinski definition) is 2. The van der Waals surface area contributed by atoms with Gasteiger partial charge in [-0.15, -0.1) is 0 Å². The van der Waals surface area contributed by atoms with Crippen LogP contribution in [0.15, 0.2) is 23.1 Å². The second-order valence-electron chi connectivity index (χ2n) is 4.51. The quantitative estimate of drug-likeness (QED) is 0.801. The number of rotatable bonds is 4. The number of benzene rings is 1. The number of anilines is 1. The molecule has 0 bridgehead atoms.